The van der Waals surface area contributed by atoms with Crippen molar-refractivity contribution < 1.29 is 4.74 Å². The van der Waals surface area contributed by atoms with E-state index in [1.165, 1.54) is 5.56 Å². The lowest BCUT2D eigenvalue weighted by atomic mass is 9.81. The molecule has 0 bridgehead atoms. The molecule has 5 atom stereocenters. The molecule has 0 saturated carbocycles. The molecule has 0 aromatic carbocycles. The number of nitrogens with zero attached hydrogens (tertiary/aromatic N) is 1. The second-order valence-corrected chi connectivity index (χ2v) is 6.28. The molecule has 100 valence electrons. The Morgan fingerprint density at radius 2 is 2.06 bits per heavy atom. The Morgan fingerprint density at radius 3 is 2.61 bits per heavy atom. The van der Waals surface area contributed by atoms with Gasteiger partial charge in [-0.05, 0) is 53.7 Å². The Labute approximate surface area is 117 Å². The first-order valence-electron chi connectivity index (χ1n) is 6.49. The Bertz CT molecular complexity index is 413. The highest BCUT2D eigenvalue weighted by atomic mass is 79.9. The summed E-state index contributed by atoms with van der Waals surface area (Å²) in [6.45, 7) is 6.50. The van der Waals surface area contributed by atoms with Crippen LogP contribution < -0.4 is 5.73 Å². The quantitative estimate of drug-likeness (QED) is 0.933. The maximum absolute atomic E-state index is 6.38. The van der Waals surface area contributed by atoms with E-state index < -0.39 is 0 Å². The minimum Gasteiger partial charge on any atom is -0.375 e. The van der Waals surface area contributed by atoms with Gasteiger partial charge in [-0.1, -0.05) is 6.92 Å². The first-order chi connectivity index (χ1) is 8.49. The molecule has 2 N–H and O–H groups in total. The van der Waals surface area contributed by atoms with E-state index in [-0.39, 0.29) is 12.1 Å². The van der Waals surface area contributed by atoms with E-state index in [0.29, 0.717) is 17.9 Å². The van der Waals surface area contributed by atoms with Gasteiger partial charge in [0.05, 0.1) is 12.2 Å². The number of hydrogen-bond donors (Lipinski definition) is 1. The predicted octanol–water partition coefficient (Wildman–Crippen LogP) is 2.77. The van der Waals surface area contributed by atoms with Crippen LogP contribution in [0.3, 0.4) is 0 Å². The fourth-order valence-electron chi connectivity index (χ4n) is 3.01. The van der Waals surface area contributed by atoms with Crippen LogP contribution in [0.5, 0.6) is 0 Å². The minimum absolute atomic E-state index is 0.121. The van der Waals surface area contributed by atoms with Gasteiger partial charge >= 0.3 is 0 Å². The third kappa shape index (κ3) is 2.92. The lowest BCUT2D eigenvalue weighted by Gasteiger charge is -2.25. The zero-order valence-corrected chi connectivity index (χ0v) is 12.7. The van der Waals surface area contributed by atoms with Crippen LogP contribution in [0.4, 0.5) is 0 Å². The first kappa shape index (κ1) is 14.0. The summed E-state index contributed by atoms with van der Waals surface area (Å²) in [6.07, 6.45) is 5.07. The standard InChI is InChI=1S/C14H21BrN2O/c1-8-9(2)18-10(3)14(8)13(16)5-11-4-12(15)7-17-6-11/h4,6-10,13-14H,5,16H2,1-3H3. The van der Waals surface area contributed by atoms with Gasteiger partial charge in [-0.25, -0.2) is 0 Å². The van der Waals surface area contributed by atoms with Crippen molar-refractivity contribution in [1.29, 1.82) is 0 Å². The van der Waals surface area contributed by atoms with Gasteiger partial charge in [0.25, 0.3) is 0 Å². The molecule has 0 radical (unpaired) electrons. The lowest BCUT2D eigenvalue weighted by Crippen LogP contribution is -2.39. The van der Waals surface area contributed by atoms with E-state index in [2.05, 4.69) is 47.8 Å². The summed E-state index contributed by atoms with van der Waals surface area (Å²) in [5, 5.41) is 0. The van der Waals surface area contributed by atoms with Gasteiger partial charge in [0.2, 0.25) is 0 Å². The van der Waals surface area contributed by atoms with Crippen molar-refractivity contribution in [1.82, 2.24) is 4.98 Å². The van der Waals surface area contributed by atoms with E-state index >= 15 is 0 Å². The molecule has 3 nitrogen and oxygen atoms in total. The molecular weight excluding hydrogens is 292 g/mol. The fourth-order valence-corrected chi connectivity index (χ4v) is 3.42. The Kier molecular flexibility index (Phi) is 4.41. The third-order valence-electron chi connectivity index (χ3n) is 4.05. The number of rotatable bonds is 3. The van der Waals surface area contributed by atoms with Crippen molar-refractivity contribution in [2.24, 2.45) is 17.6 Å². The number of ether oxygens (including phenoxy) is 1. The number of nitrogens with two attached hydrogens (primary N) is 1. The molecule has 1 fully saturated rings. The van der Waals surface area contributed by atoms with Crippen molar-refractivity contribution in [3.05, 3.63) is 28.5 Å². The molecule has 0 spiro atoms. The molecule has 1 saturated heterocycles. The van der Waals surface area contributed by atoms with Gasteiger partial charge in [0.15, 0.2) is 0 Å². The van der Waals surface area contributed by atoms with Crippen LogP contribution in [0, 0.1) is 11.8 Å². The van der Waals surface area contributed by atoms with Crippen molar-refractivity contribution in [3.8, 4) is 0 Å². The summed E-state index contributed by atoms with van der Waals surface area (Å²) >= 11 is 3.44. The second-order valence-electron chi connectivity index (χ2n) is 5.36. The van der Waals surface area contributed by atoms with Crippen LogP contribution in [0.1, 0.15) is 26.3 Å². The summed E-state index contributed by atoms with van der Waals surface area (Å²) in [7, 11) is 0. The fraction of sp³-hybridized carbons (Fsp3) is 0.643. The molecular formula is C14H21BrN2O. The maximum Gasteiger partial charge on any atom is 0.0597 e. The largest absolute Gasteiger partial charge is 0.375 e. The summed E-state index contributed by atoms with van der Waals surface area (Å²) in [5.74, 6) is 0.925. The number of halogens is 1. The van der Waals surface area contributed by atoms with Gasteiger partial charge in [0, 0.05) is 28.8 Å². The molecule has 18 heavy (non-hydrogen) atoms. The van der Waals surface area contributed by atoms with Crippen LogP contribution in [0.2, 0.25) is 0 Å². The van der Waals surface area contributed by atoms with Crippen LogP contribution in [0.25, 0.3) is 0 Å². The monoisotopic (exact) mass is 312 g/mol. The third-order valence-corrected chi connectivity index (χ3v) is 4.48. The van der Waals surface area contributed by atoms with Crippen molar-refractivity contribution in [2.45, 2.75) is 45.4 Å². The van der Waals surface area contributed by atoms with Crippen molar-refractivity contribution in [3.63, 3.8) is 0 Å². The molecule has 2 heterocycles. The van der Waals surface area contributed by atoms with Crippen LogP contribution in [0.15, 0.2) is 22.9 Å². The van der Waals surface area contributed by atoms with Crippen LogP contribution >= 0.6 is 15.9 Å². The Morgan fingerprint density at radius 1 is 1.33 bits per heavy atom. The molecule has 0 aliphatic carbocycles. The highest BCUT2D eigenvalue weighted by Crippen LogP contribution is 2.34. The SMILES string of the molecule is CC1OC(C)C(C(N)Cc2cncc(Br)c2)C1C. The van der Waals surface area contributed by atoms with E-state index in [4.69, 9.17) is 10.5 Å². The summed E-state index contributed by atoms with van der Waals surface area (Å²) in [4.78, 5) is 4.18. The van der Waals surface area contributed by atoms with E-state index in [0.717, 1.165) is 10.9 Å². The zero-order chi connectivity index (χ0) is 13.3. The molecule has 5 unspecified atom stereocenters. The van der Waals surface area contributed by atoms with Crippen LogP contribution in [-0.2, 0) is 11.2 Å². The number of hydrogen-bond acceptors (Lipinski definition) is 3. The molecule has 0 amide bonds. The van der Waals surface area contributed by atoms with E-state index in [1.54, 1.807) is 6.20 Å². The second kappa shape index (κ2) is 5.68. The smallest absolute Gasteiger partial charge is 0.0597 e. The molecule has 2 rings (SSSR count). The zero-order valence-electron chi connectivity index (χ0n) is 11.1. The molecule has 4 heteroatoms. The Hall–Kier alpha value is -0.450. The normalized spacial score (nSPS) is 33.6. The highest BCUT2D eigenvalue weighted by Gasteiger charge is 2.40. The predicted molar refractivity (Wildman–Crippen MR) is 76.3 cm³/mol. The topological polar surface area (TPSA) is 48.1 Å². The van der Waals surface area contributed by atoms with E-state index in [9.17, 15) is 0 Å². The average Bonchev–Trinajstić information content (AvgIpc) is 2.53. The van der Waals surface area contributed by atoms with Gasteiger partial charge < -0.3 is 10.5 Å². The number of pyridine rings is 1. The van der Waals surface area contributed by atoms with Crippen molar-refractivity contribution >= 4 is 15.9 Å². The van der Waals surface area contributed by atoms with Gasteiger partial charge in [-0.2, -0.15) is 0 Å². The molecule has 1 aliphatic rings. The first-order valence-corrected chi connectivity index (χ1v) is 7.29. The van der Waals surface area contributed by atoms with E-state index in [1.807, 2.05) is 6.20 Å². The van der Waals surface area contributed by atoms with Gasteiger partial charge in [-0.3, -0.25) is 4.98 Å². The van der Waals surface area contributed by atoms with Gasteiger partial charge in [-0.15, -0.1) is 0 Å². The molecule has 1 aromatic heterocycles. The Balaban J connectivity index is 2.06. The summed E-state index contributed by atoms with van der Waals surface area (Å²) in [6, 6.07) is 2.21. The van der Waals surface area contributed by atoms with Crippen LogP contribution in [-0.4, -0.2) is 23.2 Å². The molecule has 1 aromatic rings. The molecule has 1 aliphatic heterocycles. The number of aromatic nitrogens is 1. The summed E-state index contributed by atoms with van der Waals surface area (Å²) < 4.78 is 6.87. The lowest BCUT2D eigenvalue weighted by molar-refractivity contribution is 0.0490. The van der Waals surface area contributed by atoms with Crippen molar-refractivity contribution in [2.75, 3.05) is 0 Å². The average molecular weight is 313 g/mol. The highest BCUT2D eigenvalue weighted by molar-refractivity contribution is 9.10. The maximum atomic E-state index is 6.38. The minimum atomic E-state index is 0.121. The summed E-state index contributed by atoms with van der Waals surface area (Å²) in [5.41, 5.74) is 7.56. The van der Waals surface area contributed by atoms with Gasteiger partial charge in [0.1, 0.15) is 0 Å².